The van der Waals surface area contributed by atoms with Crippen LogP contribution in [0, 0.1) is 5.92 Å². The summed E-state index contributed by atoms with van der Waals surface area (Å²) in [6.45, 7) is 8.05. The summed E-state index contributed by atoms with van der Waals surface area (Å²) in [5.41, 5.74) is 1.44. The highest BCUT2D eigenvalue weighted by atomic mass is 32.2. The monoisotopic (exact) mass is 278 g/mol. The van der Waals surface area contributed by atoms with Crippen molar-refractivity contribution < 1.29 is 0 Å². The van der Waals surface area contributed by atoms with Crippen LogP contribution in [0.3, 0.4) is 0 Å². The first-order valence-electron chi connectivity index (χ1n) is 7.23. The van der Waals surface area contributed by atoms with Crippen LogP contribution >= 0.6 is 11.8 Å². The van der Waals surface area contributed by atoms with Gasteiger partial charge in [0.25, 0.3) is 0 Å². The molecule has 1 aromatic rings. The van der Waals surface area contributed by atoms with Gasteiger partial charge in [0.2, 0.25) is 0 Å². The lowest BCUT2D eigenvalue weighted by atomic mass is 9.96. The van der Waals surface area contributed by atoms with Crippen molar-refractivity contribution in [2.75, 3.05) is 31.6 Å². The van der Waals surface area contributed by atoms with Crippen molar-refractivity contribution in [3.63, 3.8) is 0 Å². The topological polar surface area (TPSA) is 15.3 Å². The van der Waals surface area contributed by atoms with Crippen molar-refractivity contribution >= 4 is 11.8 Å². The van der Waals surface area contributed by atoms with Crippen molar-refractivity contribution in [1.82, 2.24) is 10.2 Å². The van der Waals surface area contributed by atoms with E-state index in [-0.39, 0.29) is 0 Å². The normalized spacial score (nSPS) is 24.8. The zero-order valence-corrected chi connectivity index (χ0v) is 13.1. The Morgan fingerprint density at radius 1 is 1.32 bits per heavy atom. The molecule has 0 radical (unpaired) electrons. The van der Waals surface area contributed by atoms with E-state index in [9.17, 15) is 0 Å². The van der Waals surface area contributed by atoms with Gasteiger partial charge in [-0.15, -0.1) is 0 Å². The number of nitrogens with one attached hydrogen (secondary N) is 1. The lowest BCUT2D eigenvalue weighted by Crippen LogP contribution is -2.54. The van der Waals surface area contributed by atoms with Gasteiger partial charge in [-0.25, -0.2) is 0 Å². The van der Waals surface area contributed by atoms with Crippen molar-refractivity contribution in [2.24, 2.45) is 5.92 Å². The molecule has 0 saturated carbocycles. The molecule has 2 unspecified atom stereocenters. The van der Waals surface area contributed by atoms with Crippen LogP contribution in [-0.2, 0) is 0 Å². The minimum Gasteiger partial charge on any atom is -0.311 e. The van der Waals surface area contributed by atoms with Crippen molar-refractivity contribution in [3.05, 3.63) is 35.9 Å². The maximum atomic E-state index is 3.73. The molecule has 0 aliphatic carbocycles. The van der Waals surface area contributed by atoms with E-state index in [2.05, 4.69) is 60.7 Å². The molecule has 1 aliphatic heterocycles. The molecule has 0 spiro atoms. The molecule has 1 aromatic carbocycles. The number of hydrogen-bond donors (Lipinski definition) is 1. The minimum absolute atomic E-state index is 0.531. The Kier molecular flexibility index (Phi) is 5.74. The second kappa shape index (κ2) is 7.32. The van der Waals surface area contributed by atoms with Gasteiger partial charge in [0.15, 0.2) is 0 Å². The molecule has 1 fully saturated rings. The number of nitrogens with zero attached hydrogens (tertiary/aromatic N) is 1. The van der Waals surface area contributed by atoms with Crippen LogP contribution in [0.1, 0.15) is 25.5 Å². The third-order valence-electron chi connectivity index (χ3n) is 4.02. The molecule has 3 heteroatoms. The highest BCUT2D eigenvalue weighted by Gasteiger charge is 2.29. The summed E-state index contributed by atoms with van der Waals surface area (Å²) in [6, 6.07) is 12.1. The molecule has 0 bridgehead atoms. The van der Waals surface area contributed by atoms with E-state index in [0.717, 1.165) is 13.1 Å². The second-order valence-electron chi connectivity index (χ2n) is 5.67. The lowest BCUT2D eigenvalue weighted by Gasteiger charge is -2.42. The first-order chi connectivity index (χ1) is 9.22. The summed E-state index contributed by atoms with van der Waals surface area (Å²) in [6.07, 6.45) is 2.19. The van der Waals surface area contributed by atoms with Crippen LogP contribution < -0.4 is 5.32 Å². The summed E-state index contributed by atoms with van der Waals surface area (Å²) in [7, 11) is 0. The average Bonchev–Trinajstić information content (AvgIpc) is 2.45. The molecule has 19 heavy (non-hydrogen) atoms. The van der Waals surface area contributed by atoms with Gasteiger partial charge in [-0.3, -0.25) is 4.90 Å². The van der Waals surface area contributed by atoms with E-state index in [4.69, 9.17) is 0 Å². The Labute approximate surface area is 122 Å². The van der Waals surface area contributed by atoms with Crippen LogP contribution in [0.15, 0.2) is 30.3 Å². The predicted molar refractivity (Wildman–Crippen MR) is 85.8 cm³/mol. The Morgan fingerprint density at radius 3 is 2.68 bits per heavy atom. The van der Waals surface area contributed by atoms with Crippen LogP contribution in [0.5, 0.6) is 0 Å². The highest BCUT2D eigenvalue weighted by Crippen LogP contribution is 2.25. The van der Waals surface area contributed by atoms with Gasteiger partial charge in [-0.2, -0.15) is 11.8 Å². The summed E-state index contributed by atoms with van der Waals surface area (Å²) in [5.74, 6) is 1.92. The molecular weight excluding hydrogens is 252 g/mol. The fourth-order valence-corrected chi connectivity index (χ4v) is 3.16. The zero-order chi connectivity index (χ0) is 13.7. The molecule has 2 nitrogen and oxygen atoms in total. The Morgan fingerprint density at radius 2 is 2.05 bits per heavy atom. The Hall–Kier alpha value is -0.510. The average molecular weight is 278 g/mol. The Bertz CT molecular complexity index is 366. The molecule has 2 rings (SSSR count). The molecule has 1 aliphatic rings. The van der Waals surface area contributed by atoms with Crippen molar-refractivity contribution in [2.45, 2.75) is 25.9 Å². The van der Waals surface area contributed by atoms with Gasteiger partial charge >= 0.3 is 0 Å². The second-order valence-corrected chi connectivity index (χ2v) is 6.66. The first kappa shape index (κ1) is 14.9. The summed E-state index contributed by atoms with van der Waals surface area (Å²) >= 11 is 1.94. The van der Waals surface area contributed by atoms with Gasteiger partial charge in [0.05, 0.1) is 0 Å². The Balaban J connectivity index is 2.08. The quantitative estimate of drug-likeness (QED) is 0.891. The van der Waals surface area contributed by atoms with E-state index >= 15 is 0 Å². The largest absolute Gasteiger partial charge is 0.311 e. The third-order valence-corrected chi connectivity index (χ3v) is 4.61. The number of rotatable bonds is 5. The number of benzene rings is 1. The van der Waals surface area contributed by atoms with E-state index in [1.54, 1.807) is 0 Å². The number of piperazine rings is 1. The number of hydrogen-bond acceptors (Lipinski definition) is 3. The van der Waals surface area contributed by atoms with Gasteiger partial charge in [0, 0.05) is 37.5 Å². The first-order valence-corrected chi connectivity index (χ1v) is 8.63. The fourth-order valence-electron chi connectivity index (χ4n) is 2.74. The zero-order valence-electron chi connectivity index (χ0n) is 12.3. The van der Waals surface area contributed by atoms with E-state index in [1.807, 2.05) is 11.8 Å². The summed E-state index contributed by atoms with van der Waals surface area (Å²) < 4.78 is 0. The molecule has 1 saturated heterocycles. The molecule has 1 heterocycles. The molecule has 1 N–H and O–H groups in total. The molecule has 0 amide bonds. The van der Waals surface area contributed by atoms with Crippen LogP contribution in [0.4, 0.5) is 0 Å². The number of thioether (sulfide) groups is 1. The van der Waals surface area contributed by atoms with Crippen LogP contribution in [0.2, 0.25) is 0 Å². The maximum Gasteiger partial charge on any atom is 0.0473 e. The molecular formula is C16H26N2S. The van der Waals surface area contributed by atoms with Crippen molar-refractivity contribution in [3.8, 4) is 0 Å². The summed E-state index contributed by atoms with van der Waals surface area (Å²) in [4.78, 5) is 2.66. The van der Waals surface area contributed by atoms with Gasteiger partial charge in [-0.05, 0) is 17.7 Å². The van der Waals surface area contributed by atoms with E-state index in [0.29, 0.717) is 18.0 Å². The summed E-state index contributed by atoms with van der Waals surface area (Å²) in [5, 5.41) is 3.73. The van der Waals surface area contributed by atoms with Gasteiger partial charge in [0.1, 0.15) is 0 Å². The van der Waals surface area contributed by atoms with Gasteiger partial charge in [-0.1, -0.05) is 44.2 Å². The predicted octanol–water partition coefficient (Wildman–Crippen LogP) is 3.02. The molecule has 106 valence electrons. The maximum absolute atomic E-state index is 3.73. The smallest absolute Gasteiger partial charge is 0.0473 e. The fraction of sp³-hybridized carbons (Fsp3) is 0.625. The van der Waals surface area contributed by atoms with Crippen LogP contribution in [0.25, 0.3) is 0 Å². The molecule has 2 atom stereocenters. The minimum atomic E-state index is 0.531. The van der Waals surface area contributed by atoms with Crippen molar-refractivity contribution in [1.29, 1.82) is 0 Å². The van der Waals surface area contributed by atoms with E-state index < -0.39 is 0 Å². The van der Waals surface area contributed by atoms with E-state index in [1.165, 1.54) is 17.9 Å². The molecule has 0 aromatic heterocycles. The highest BCUT2D eigenvalue weighted by molar-refractivity contribution is 7.98. The lowest BCUT2D eigenvalue weighted by molar-refractivity contribution is 0.121. The third kappa shape index (κ3) is 3.98. The van der Waals surface area contributed by atoms with Gasteiger partial charge < -0.3 is 5.32 Å². The standard InChI is InChI=1S/C16H26N2S/c1-13(2)15-12-18(9-10-19-3)16(11-17-15)14-7-5-4-6-8-14/h4-8,13,15-17H,9-12H2,1-3H3. The SMILES string of the molecule is CSCCN1CC(C(C)C)NCC1c1ccccc1. The van der Waals surface area contributed by atoms with Crippen LogP contribution in [-0.4, -0.2) is 42.6 Å².